The van der Waals surface area contributed by atoms with Crippen LogP contribution in [0.4, 0.5) is 23.2 Å². The van der Waals surface area contributed by atoms with Gasteiger partial charge in [-0.05, 0) is 47.5 Å². The summed E-state index contributed by atoms with van der Waals surface area (Å²) in [5.41, 5.74) is -6.94. The molecule has 0 fully saturated rings. The molecule has 0 spiro atoms. The van der Waals surface area contributed by atoms with Crippen LogP contribution in [0, 0.1) is 5.82 Å². The lowest BCUT2D eigenvalue weighted by molar-refractivity contribution is -0.0435. The summed E-state index contributed by atoms with van der Waals surface area (Å²) in [4.78, 5) is -1.23. The van der Waals surface area contributed by atoms with Crippen molar-refractivity contribution < 1.29 is 31.1 Å². The summed E-state index contributed by atoms with van der Waals surface area (Å²) in [6.07, 6.45) is 0. The second-order valence-corrected chi connectivity index (χ2v) is 7.92. The molecule has 4 nitrogen and oxygen atoms in total. The number of alkyl halides is 3. The zero-order chi connectivity index (χ0) is 18.2. The van der Waals surface area contributed by atoms with Gasteiger partial charge in [0, 0.05) is 6.54 Å². The second-order valence-electron chi connectivity index (χ2n) is 5.23. The molecule has 0 bridgehead atoms. The molecule has 1 unspecified atom stereocenters. The summed E-state index contributed by atoms with van der Waals surface area (Å²) >= 11 is 1.32. The van der Waals surface area contributed by atoms with Crippen LogP contribution in [0.25, 0.3) is 0 Å². The minimum Gasteiger partial charge on any atom is -0.384 e. The quantitative estimate of drug-likeness (QED) is 0.776. The van der Waals surface area contributed by atoms with E-state index in [1.165, 1.54) is 18.3 Å². The molecule has 132 valence electrons. The summed E-state index contributed by atoms with van der Waals surface area (Å²) in [7, 11) is -5.73. The van der Waals surface area contributed by atoms with Crippen LogP contribution in [-0.2, 0) is 15.4 Å². The van der Waals surface area contributed by atoms with E-state index >= 15 is 0 Å². The molecule has 0 aliphatic carbocycles. The number of sulfone groups is 1. The number of halogens is 4. The Morgan fingerprint density at radius 1 is 1.25 bits per heavy atom. The SMILES string of the molecule is CC(O)(CNc1ccc(F)cc1S(=O)(=O)C(F)(F)F)c1ccsc1. The molecular weight excluding hydrogens is 370 g/mol. The third kappa shape index (κ3) is 3.70. The van der Waals surface area contributed by atoms with Crippen molar-refractivity contribution in [2.45, 2.75) is 22.9 Å². The number of hydrogen-bond donors (Lipinski definition) is 2. The van der Waals surface area contributed by atoms with E-state index in [1.54, 1.807) is 16.8 Å². The van der Waals surface area contributed by atoms with E-state index in [9.17, 15) is 31.1 Å². The molecule has 1 aromatic heterocycles. The Hall–Kier alpha value is -1.65. The Kier molecular flexibility index (Phi) is 4.93. The van der Waals surface area contributed by atoms with Crippen LogP contribution >= 0.6 is 11.3 Å². The van der Waals surface area contributed by atoms with E-state index in [1.807, 2.05) is 0 Å². The van der Waals surface area contributed by atoms with Gasteiger partial charge in [0.1, 0.15) is 16.3 Å². The highest BCUT2D eigenvalue weighted by Crippen LogP contribution is 2.35. The van der Waals surface area contributed by atoms with Crippen molar-refractivity contribution in [2.24, 2.45) is 0 Å². The molecule has 2 N–H and O–H groups in total. The Morgan fingerprint density at radius 2 is 1.92 bits per heavy atom. The maximum absolute atomic E-state index is 13.3. The fourth-order valence-corrected chi connectivity index (χ4v) is 3.66. The van der Waals surface area contributed by atoms with Crippen molar-refractivity contribution in [1.29, 1.82) is 0 Å². The van der Waals surface area contributed by atoms with Gasteiger partial charge >= 0.3 is 5.51 Å². The topological polar surface area (TPSA) is 66.4 Å². The van der Waals surface area contributed by atoms with Gasteiger partial charge in [-0.15, -0.1) is 0 Å². The third-order valence-electron chi connectivity index (χ3n) is 3.30. The number of anilines is 1. The summed E-state index contributed by atoms with van der Waals surface area (Å²) < 4.78 is 74.7. The minimum absolute atomic E-state index is 0.268. The van der Waals surface area contributed by atoms with Crippen molar-refractivity contribution in [3.8, 4) is 0 Å². The molecule has 10 heteroatoms. The Bertz CT molecular complexity index is 815. The number of aliphatic hydroxyl groups is 1. The zero-order valence-electron chi connectivity index (χ0n) is 12.3. The molecule has 1 aromatic carbocycles. The highest BCUT2D eigenvalue weighted by Gasteiger charge is 2.48. The van der Waals surface area contributed by atoms with Gasteiger partial charge in [-0.1, -0.05) is 0 Å². The summed E-state index contributed by atoms with van der Waals surface area (Å²) in [6.45, 7) is 1.15. The molecule has 0 aliphatic rings. The van der Waals surface area contributed by atoms with E-state index in [0.29, 0.717) is 11.6 Å². The van der Waals surface area contributed by atoms with E-state index in [4.69, 9.17) is 0 Å². The van der Waals surface area contributed by atoms with Crippen LogP contribution in [-0.4, -0.2) is 25.6 Å². The summed E-state index contributed by atoms with van der Waals surface area (Å²) in [6, 6.07) is 3.64. The zero-order valence-corrected chi connectivity index (χ0v) is 13.9. The minimum atomic E-state index is -5.73. The molecule has 0 saturated carbocycles. The van der Waals surface area contributed by atoms with Crippen LogP contribution in [0.5, 0.6) is 0 Å². The van der Waals surface area contributed by atoms with Crippen LogP contribution in [0.2, 0.25) is 0 Å². The Labute approximate surface area is 139 Å². The predicted octanol–water partition coefficient (Wildman–Crippen LogP) is 3.50. The van der Waals surface area contributed by atoms with Gasteiger partial charge in [0.25, 0.3) is 9.84 Å². The lowest BCUT2D eigenvalue weighted by Gasteiger charge is -2.24. The smallest absolute Gasteiger partial charge is 0.384 e. The van der Waals surface area contributed by atoms with Gasteiger partial charge in [-0.25, -0.2) is 12.8 Å². The predicted molar refractivity (Wildman–Crippen MR) is 82.0 cm³/mol. The lowest BCUT2D eigenvalue weighted by atomic mass is 9.99. The van der Waals surface area contributed by atoms with Crippen molar-refractivity contribution in [2.75, 3.05) is 11.9 Å². The standard InChI is InChI=1S/C14H13F4NO3S2/c1-13(20,9-4-5-23-7-9)8-19-11-3-2-10(15)6-12(11)24(21,22)14(16,17)18/h2-7,19-20H,8H2,1H3. The Morgan fingerprint density at radius 3 is 2.46 bits per heavy atom. The second kappa shape index (κ2) is 6.34. The highest BCUT2D eigenvalue weighted by molar-refractivity contribution is 7.92. The fourth-order valence-electron chi connectivity index (χ4n) is 1.93. The number of hydrogen-bond acceptors (Lipinski definition) is 5. The van der Waals surface area contributed by atoms with Crippen molar-refractivity contribution in [3.63, 3.8) is 0 Å². The molecule has 24 heavy (non-hydrogen) atoms. The first-order chi connectivity index (χ1) is 10.9. The van der Waals surface area contributed by atoms with Crippen molar-refractivity contribution >= 4 is 26.9 Å². The van der Waals surface area contributed by atoms with Crippen molar-refractivity contribution in [3.05, 3.63) is 46.4 Å². The van der Waals surface area contributed by atoms with Crippen LogP contribution in [0.1, 0.15) is 12.5 Å². The van der Waals surface area contributed by atoms with Gasteiger partial charge in [0.05, 0.1) is 5.69 Å². The Balaban J connectivity index is 2.36. The van der Waals surface area contributed by atoms with Gasteiger partial charge < -0.3 is 10.4 Å². The molecule has 2 aromatic rings. The number of rotatable bonds is 5. The first kappa shape index (κ1) is 18.7. The first-order valence-electron chi connectivity index (χ1n) is 6.55. The van der Waals surface area contributed by atoms with Gasteiger partial charge in [0.2, 0.25) is 0 Å². The average Bonchev–Trinajstić information content (AvgIpc) is 2.99. The molecular formula is C14H13F4NO3S2. The number of thiophene rings is 1. The van der Waals surface area contributed by atoms with Gasteiger partial charge in [-0.3, -0.25) is 0 Å². The molecule has 0 amide bonds. The molecule has 0 saturated heterocycles. The largest absolute Gasteiger partial charge is 0.501 e. The monoisotopic (exact) mass is 383 g/mol. The fraction of sp³-hybridized carbons (Fsp3) is 0.286. The molecule has 1 atom stereocenters. The summed E-state index contributed by atoms with van der Waals surface area (Å²) in [5, 5.41) is 16.2. The van der Waals surface area contributed by atoms with Gasteiger partial charge in [0.15, 0.2) is 0 Å². The maximum atomic E-state index is 13.3. The molecule has 1 heterocycles. The van der Waals surface area contributed by atoms with E-state index in [0.717, 1.165) is 12.1 Å². The first-order valence-corrected chi connectivity index (χ1v) is 8.97. The van der Waals surface area contributed by atoms with E-state index in [-0.39, 0.29) is 6.54 Å². The van der Waals surface area contributed by atoms with E-state index < -0.39 is 37.3 Å². The maximum Gasteiger partial charge on any atom is 0.501 e. The lowest BCUT2D eigenvalue weighted by Crippen LogP contribution is -2.31. The highest BCUT2D eigenvalue weighted by atomic mass is 32.2. The average molecular weight is 383 g/mol. The van der Waals surface area contributed by atoms with Crippen LogP contribution < -0.4 is 5.32 Å². The normalized spacial score (nSPS) is 15.1. The van der Waals surface area contributed by atoms with Gasteiger partial charge in [-0.2, -0.15) is 24.5 Å². The summed E-state index contributed by atoms with van der Waals surface area (Å²) in [5.74, 6) is -1.12. The number of benzene rings is 1. The third-order valence-corrected chi connectivity index (χ3v) is 5.51. The molecule has 0 aliphatic heterocycles. The van der Waals surface area contributed by atoms with E-state index in [2.05, 4.69) is 5.32 Å². The molecule has 2 rings (SSSR count). The van der Waals surface area contributed by atoms with Crippen LogP contribution in [0.3, 0.4) is 0 Å². The molecule has 0 radical (unpaired) electrons. The van der Waals surface area contributed by atoms with Crippen LogP contribution in [0.15, 0.2) is 39.9 Å². The van der Waals surface area contributed by atoms with Crippen molar-refractivity contribution in [1.82, 2.24) is 0 Å². The number of nitrogens with one attached hydrogen (secondary N) is 1.